The molecule has 0 radical (unpaired) electrons. The van der Waals surface area contributed by atoms with E-state index in [1.807, 2.05) is 6.07 Å². The number of hydrogen-bond acceptors (Lipinski definition) is 1. The van der Waals surface area contributed by atoms with Gasteiger partial charge in [-0.25, -0.2) is 9.18 Å². The molecule has 1 aliphatic heterocycles. The van der Waals surface area contributed by atoms with E-state index in [2.05, 4.69) is 5.32 Å². The van der Waals surface area contributed by atoms with Gasteiger partial charge in [0.05, 0.1) is 6.04 Å². The second-order valence-electron chi connectivity index (χ2n) is 5.35. The molecular formula is C17H16ClFN2O. The summed E-state index contributed by atoms with van der Waals surface area (Å²) in [7, 11) is 0. The molecule has 0 bridgehead atoms. The van der Waals surface area contributed by atoms with E-state index in [-0.39, 0.29) is 17.9 Å². The zero-order valence-electron chi connectivity index (χ0n) is 11.9. The number of nitrogens with zero attached hydrogens (tertiary/aromatic N) is 1. The van der Waals surface area contributed by atoms with Crippen LogP contribution in [0.1, 0.15) is 24.4 Å². The Balaban J connectivity index is 1.76. The molecule has 3 rings (SSSR count). The second kappa shape index (κ2) is 6.36. The van der Waals surface area contributed by atoms with Gasteiger partial charge in [-0.3, -0.25) is 0 Å². The summed E-state index contributed by atoms with van der Waals surface area (Å²) in [6.45, 7) is 0.660. The first-order chi connectivity index (χ1) is 10.6. The third-order valence-corrected chi connectivity index (χ3v) is 4.06. The van der Waals surface area contributed by atoms with Crippen LogP contribution in [0.25, 0.3) is 0 Å². The van der Waals surface area contributed by atoms with E-state index in [1.54, 1.807) is 35.2 Å². The van der Waals surface area contributed by atoms with Crippen LogP contribution >= 0.6 is 11.6 Å². The van der Waals surface area contributed by atoms with Crippen molar-refractivity contribution in [1.82, 2.24) is 4.90 Å². The van der Waals surface area contributed by atoms with Crippen LogP contribution in [0.2, 0.25) is 5.02 Å². The van der Waals surface area contributed by atoms with E-state index in [0.717, 1.165) is 18.4 Å². The molecule has 0 unspecified atom stereocenters. The number of carbonyl (C=O) groups is 1. The Bertz CT molecular complexity index is 692. The average Bonchev–Trinajstić information content (AvgIpc) is 2.97. The maximum Gasteiger partial charge on any atom is 0.322 e. The summed E-state index contributed by atoms with van der Waals surface area (Å²) in [4.78, 5) is 14.2. The summed E-state index contributed by atoms with van der Waals surface area (Å²) < 4.78 is 13.4. The lowest BCUT2D eigenvalue weighted by molar-refractivity contribution is 0.207. The molecule has 1 aliphatic rings. The number of halogens is 2. The summed E-state index contributed by atoms with van der Waals surface area (Å²) in [5.41, 5.74) is 1.49. The number of anilines is 1. The normalized spacial score (nSPS) is 17.5. The van der Waals surface area contributed by atoms with E-state index < -0.39 is 0 Å². The SMILES string of the molecule is O=C(Nc1cccc(Cl)c1)N1CCC[C@@H]1c1cccc(F)c1. The fourth-order valence-corrected chi connectivity index (χ4v) is 3.02. The number of nitrogens with one attached hydrogen (secondary N) is 1. The number of rotatable bonds is 2. The Morgan fingerprint density at radius 1 is 1.23 bits per heavy atom. The van der Waals surface area contributed by atoms with Crippen LogP contribution in [0.3, 0.4) is 0 Å². The van der Waals surface area contributed by atoms with Crippen molar-refractivity contribution in [2.75, 3.05) is 11.9 Å². The van der Waals surface area contributed by atoms with Gasteiger partial charge < -0.3 is 10.2 Å². The van der Waals surface area contributed by atoms with Gasteiger partial charge in [-0.05, 0) is 48.7 Å². The van der Waals surface area contributed by atoms with Crippen LogP contribution in [0.4, 0.5) is 14.9 Å². The number of likely N-dealkylation sites (tertiary alicyclic amines) is 1. The predicted molar refractivity (Wildman–Crippen MR) is 85.6 cm³/mol. The van der Waals surface area contributed by atoms with Crippen molar-refractivity contribution >= 4 is 23.3 Å². The maximum atomic E-state index is 13.4. The summed E-state index contributed by atoms with van der Waals surface area (Å²) in [6, 6.07) is 13.2. The topological polar surface area (TPSA) is 32.3 Å². The van der Waals surface area contributed by atoms with Crippen LogP contribution in [0.15, 0.2) is 48.5 Å². The molecule has 0 aliphatic carbocycles. The third kappa shape index (κ3) is 3.22. The van der Waals surface area contributed by atoms with Crippen LogP contribution in [-0.4, -0.2) is 17.5 Å². The Morgan fingerprint density at radius 2 is 2.05 bits per heavy atom. The van der Waals surface area contributed by atoms with Crippen molar-refractivity contribution in [1.29, 1.82) is 0 Å². The lowest BCUT2D eigenvalue weighted by atomic mass is 10.0. The van der Waals surface area contributed by atoms with Crippen molar-refractivity contribution in [3.63, 3.8) is 0 Å². The van der Waals surface area contributed by atoms with Crippen molar-refractivity contribution in [2.24, 2.45) is 0 Å². The van der Waals surface area contributed by atoms with E-state index in [0.29, 0.717) is 17.3 Å². The van der Waals surface area contributed by atoms with Crippen molar-refractivity contribution in [3.8, 4) is 0 Å². The average molecular weight is 319 g/mol. The van der Waals surface area contributed by atoms with Crippen molar-refractivity contribution < 1.29 is 9.18 Å². The molecule has 2 amide bonds. The van der Waals surface area contributed by atoms with E-state index >= 15 is 0 Å². The third-order valence-electron chi connectivity index (χ3n) is 3.82. The van der Waals surface area contributed by atoms with Crippen LogP contribution in [0.5, 0.6) is 0 Å². The van der Waals surface area contributed by atoms with Crippen LogP contribution in [-0.2, 0) is 0 Å². The van der Waals surface area contributed by atoms with E-state index in [4.69, 9.17) is 11.6 Å². The first-order valence-corrected chi connectivity index (χ1v) is 7.60. The first-order valence-electron chi connectivity index (χ1n) is 7.22. The summed E-state index contributed by atoms with van der Waals surface area (Å²) in [5.74, 6) is -0.278. The van der Waals surface area contributed by atoms with Gasteiger partial charge in [0.15, 0.2) is 0 Å². The molecule has 2 aromatic rings. The summed E-state index contributed by atoms with van der Waals surface area (Å²) >= 11 is 5.92. The highest BCUT2D eigenvalue weighted by Gasteiger charge is 2.30. The standard InChI is InChI=1S/C17H16ClFN2O/c18-13-5-2-7-15(11-13)20-17(22)21-9-3-8-16(21)12-4-1-6-14(19)10-12/h1-2,4-7,10-11,16H,3,8-9H2,(H,20,22)/t16-/m1/s1. The van der Waals surface area contributed by atoms with Crippen LogP contribution < -0.4 is 5.32 Å². The number of urea groups is 1. The Labute approximate surface area is 133 Å². The summed E-state index contributed by atoms with van der Waals surface area (Å²) in [6.07, 6.45) is 1.75. The molecule has 22 heavy (non-hydrogen) atoms. The van der Waals surface area contributed by atoms with Crippen LogP contribution in [0, 0.1) is 5.82 Å². The minimum Gasteiger partial charge on any atom is -0.317 e. The second-order valence-corrected chi connectivity index (χ2v) is 5.78. The van der Waals surface area contributed by atoms with E-state index in [1.165, 1.54) is 12.1 Å². The van der Waals surface area contributed by atoms with Gasteiger partial charge in [0.25, 0.3) is 0 Å². The highest BCUT2D eigenvalue weighted by molar-refractivity contribution is 6.30. The molecule has 0 saturated carbocycles. The Hall–Kier alpha value is -2.07. The zero-order valence-corrected chi connectivity index (χ0v) is 12.7. The van der Waals surface area contributed by atoms with Crippen molar-refractivity contribution in [2.45, 2.75) is 18.9 Å². The van der Waals surface area contributed by atoms with E-state index in [9.17, 15) is 9.18 Å². The molecule has 5 heteroatoms. The van der Waals surface area contributed by atoms with Gasteiger partial charge in [0.2, 0.25) is 0 Å². The molecule has 1 saturated heterocycles. The minimum absolute atomic E-state index is 0.0881. The van der Waals surface area contributed by atoms with Crippen molar-refractivity contribution in [3.05, 3.63) is 64.9 Å². The molecule has 0 spiro atoms. The quantitative estimate of drug-likeness (QED) is 0.843. The molecule has 2 aromatic carbocycles. The fraction of sp³-hybridized carbons (Fsp3) is 0.235. The van der Waals surface area contributed by atoms with Gasteiger partial charge in [0, 0.05) is 17.3 Å². The number of carbonyl (C=O) groups excluding carboxylic acids is 1. The monoisotopic (exact) mass is 318 g/mol. The van der Waals surface area contributed by atoms with Gasteiger partial charge in [0.1, 0.15) is 5.82 Å². The van der Waals surface area contributed by atoms with Gasteiger partial charge in [-0.2, -0.15) is 0 Å². The number of amides is 2. The lowest BCUT2D eigenvalue weighted by Crippen LogP contribution is -2.34. The molecule has 3 nitrogen and oxygen atoms in total. The molecule has 1 N–H and O–H groups in total. The fourth-order valence-electron chi connectivity index (χ4n) is 2.83. The lowest BCUT2D eigenvalue weighted by Gasteiger charge is -2.25. The molecule has 1 fully saturated rings. The molecular weight excluding hydrogens is 303 g/mol. The largest absolute Gasteiger partial charge is 0.322 e. The highest BCUT2D eigenvalue weighted by atomic mass is 35.5. The molecule has 114 valence electrons. The first kappa shape index (κ1) is 14.9. The molecule has 0 aromatic heterocycles. The minimum atomic E-state index is -0.278. The molecule has 1 heterocycles. The zero-order chi connectivity index (χ0) is 15.5. The van der Waals surface area contributed by atoms with Gasteiger partial charge in [-0.15, -0.1) is 0 Å². The summed E-state index contributed by atoms with van der Waals surface area (Å²) in [5, 5.41) is 3.42. The molecule has 1 atom stereocenters. The van der Waals surface area contributed by atoms with Gasteiger partial charge in [-0.1, -0.05) is 29.8 Å². The maximum absolute atomic E-state index is 13.4. The number of benzene rings is 2. The number of hydrogen-bond donors (Lipinski definition) is 1. The van der Waals surface area contributed by atoms with Gasteiger partial charge >= 0.3 is 6.03 Å². The highest BCUT2D eigenvalue weighted by Crippen LogP contribution is 2.32. The Kier molecular flexibility index (Phi) is 4.29. The predicted octanol–water partition coefficient (Wildman–Crippen LogP) is 4.85. The smallest absolute Gasteiger partial charge is 0.317 e. The Morgan fingerprint density at radius 3 is 2.82 bits per heavy atom.